The summed E-state index contributed by atoms with van der Waals surface area (Å²) in [4.78, 5) is 0. The second kappa shape index (κ2) is 4.92. The zero-order valence-electron chi connectivity index (χ0n) is 8.95. The third kappa shape index (κ3) is 2.51. The van der Waals surface area contributed by atoms with Crippen molar-refractivity contribution in [3.63, 3.8) is 0 Å². The van der Waals surface area contributed by atoms with Crippen LogP contribution in [0.1, 0.15) is 5.56 Å². The van der Waals surface area contributed by atoms with Crippen molar-refractivity contribution >= 4 is 28.1 Å². The Hall–Kier alpha value is -2.29. The van der Waals surface area contributed by atoms with Gasteiger partial charge >= 0.3 is 0 Å². The standard InChI is InChI=1S/C9H9BrN6O2/c10-6-1-5(7(17)2-8(6)18)3-12-14-9-15-13-4-16(9)11/h1-4,17-18H,11H2,(H,14,15)/b12-3-. The minimum absolute atomic E-state index is 0.0562. The molecule has 0 atom stereocenters. The van der Waals surface area contributed by atoms with E-state index >= 15 is 0 Å². The minimum atomic E-state index is -0.101. The third-order valence-corrected chi connectivity index (χ3v) is 2.67. The summed E-state index contributed by atoms with van der Waals surface area (Å²) >= 11 is 3.13. The lowest BCUT2D eigenvalue weighted by Crippen LogP contribution is -2.10. The van der Waals surface area contributed by atoms with Crippen LogP contribution in [0.4, 0.5) is 5.95 Å². The Morgan fingerprint density at radius 3 is 2.83 bits per heavy atom. The molecule has 1 heterocycles. The van der Waals surface area contributed by atoms with Crippen LogP contribution in [0.2, 0.25) is 0 Å². The molecule has 2 rings (SSSR count). The number of nitrogens with two attached hydrogens (primary N) is 1. The highest BCUT2D eigenvalue weighted by Crippen LogP contribution is 2.30. The highest BCUT2D eigenvalue weighted by Gasteiger charge is 2.05. The molecule has 0 radical (unpaired) electrons. The molecule has 0 bridgehead atoms. The second-order valence-electron chi connectivity index (χ2n) is 3.29. The van der Waals surface area contributed by atoms with Gasteiger partial charge in [0.15, 0.2) is 0 Å². The van der Waals surface area contributed by atoms with Crippen LogP contribution in [-0.4, -0.2) is 31.3 Å². The molecule has 0 unspecified atom stereocenters. The van der Waals surface area contributed by atoms with E-state index in [-0.39, 0.29) is 17.4 Å². The van der Waals surface area contributed by atoms with Gasteiger partial charge in [-0.05, 0) is 22.0 Å². The van der Waals surface area contributed by atoms with Crippen LogP contribution in [0.5, 0.6) is 11.5 Å². The summed E-state index contributed by atoms with van der Waals surface area (Å²) in [6, 6.07) is 2.72. The van der Waals surface area contributed by atoms with Gasteiger partial charge in [-0.1, -0.05) is 0 Å². The van der Waals surface area contributed by atoms with E-state index in [9.17, 15) is 10.2 Å². The number of rotatable bonds is 3. The van der Waals surface area contributed by atoms with Crippen molar-refractivity contribution in [3.05, 3.63) is 28.5 Å². The number of halogens is 1. The first-order valence-corrected chi connectivity index (χ1v) is 5.53. The molecule has 0 aliphatic heterocycles. The molecule has 0 fully saturated rings. The topological polar surface area (TPSA) is 122 Å². The van der Waals surface area contributed by atoms with Crippen LogP contribution in [0.3, 0.4) is 0 Å². The lowest BCUT2D eigenvalue weighted by atomic mass is 10.2. The van der Waals surface area contributed by atoms with Gasteiger partial charge in [0, 0.05) is 11.6 Å². The Balaban J connectivity index is 2.14. The molecule has 1 aromatic heterocycles. The predicted molar refractivity (Wildman–Crippen MR) is 68.9 cm³/mol. The summed E-state index contributed by atoms with van der Waals surface area (Å²) in [5.41, 5.74) is 2.96. The fraction of sp³-hybridized carbons (Fsp3) is 0. The predicted octanol–water partition coefficient (Wildman–Crippen LogP) is 0.612. The molecule has 0 amide bonds. The number of phenols is 2. The Kier molecular flexibility index (Phi) is 3.33. The van der Waals surface area contributed by atoms with Crippen molar-refractivity contribution in [1.82, 2.24) is 14.9 Å². The summed E-state index contributed by atoms with van der Waals surface area (Å²) in [6.45, 7) is 0. The maximum Gasteiger partial charge on any atom is 0.263 e. The van der Waals surface area contributed by atoms with E-state index in [0.29, 0.717) is 10.0 Å². The van der Waals surface area contributed by atoms with Crippen molar-refractivity contribution in [2.75, 3.05) is 11.3 Å². The second-order valence-corrected chi connectivity index (χ2v) is 4.15. The number of aromatic nitrogens is 3. The minimum Gasteiger partial charge on any atom is -0.507 e. The van der Waals surface area contributed by atoms with Crippen LogP contribution >= 0.6 is 15.9 Å². The first-order valence-electron chi connectivity index (χ1n) is 4.73. The Morgan fingerprint density at radius 1 is 1.39 bits per heavy atom. The molecule has 9 heteroatoms. The molecule has 0 saturated heterocycles. The zero-order valence-corrected chi connectivity index (χ0v) is 10.5. The van der Waals surface area contributed by atoms with Gasteiger partial charge in [-0.2, -0.15) is 5.10 Å². The van der Waals surface area contributed by atoms with Gasteiger partial charge in [0.2, 0.25) is 0 Å². The quantitative estimate of drug-likeness (QED) is 0.374. The molecule has 94 valence electrons. The van der Waals surface area contributed by atoms with Crippen molar-refractivity contribution in [2.45, 2.75) is 0 Å². The lowest BCUT2D eigenvalue weighted by molar-refractivity contribution is 0.448. The van der Waals surface area contributed by atoms with Crippen LogP contribution in [0.15, 0.2) is 28.0 Å². The summed E-state index contributed by atoms with van der Waals surface area (Å²) in [5.74, 6) is 5.55. The average Bonchev–Trinajstić information content (AvgIpc) is 2.72. The molecule has 0 aliphatic carbocycles. The molecule has 0 spiro atoms. The van der Waals surface area contributed by atoms with Gasteiger partial charge in [0.25, 0.3) is 5.95 Å². The normalized spacial score (nSPS) is 10.9. The number of hydrogen-bond acceptors (Lipinski definition) is 7. The number of anilines is 1. The number of benzene rings is 1. The Labute approximate surface area is 110 Å². The number of aromatic hydroxyl groups is 2. The van der Waals surface area contributed by atoms with Gasteiger partial charge < -0.3 is 16.1 Å². The monoisotopic (exact) mass is 312 g/mol. The zero-order chi connectivity index (χ0) is 13.1. The lowest BCUT2D eigenvalue weighted by Gasteiger charge is -2.02. The van der Waals surface area contributed by atoms with E-state index in [2.05, 4.69) is 36.7 Å². The van der Waals surface area contributed by atoms with Crippen molar-refractivity contribution in [1.29, 1.82) is 0 Å². The van der Waals surface area contributed by atoms with Crippen molar-refractivity contribution < 1.29 is 10.2 Å². The van der Waals surface area contributed by atoms with E-state index < -0.39 is 0 Å². The Morgan fingerprint density at radius 2 is 2.17 bits per heavy atom. The van der Waals surface area contributed by atoms with Crippen LogP contribution < -0.4 is 11.3 Å². The van der Waals surface area contributed by atoms with Gasteiger partial charge in [-0.25, -0.2) is 10.1 Å². The fourth-order valence-electron chi connectivity index (χ4n) is 1.15. The maximum atomic E-state index is 9.57. The van der Waals surface area contributed by atoms with Crippen molar-refractivity contribution in [3.8, 4) is 11.5 Å². The molecular weight excluding hydrogens is 304 g/mol. The average molecular weight is 313 g/mol. The van der Waals surface area contributed by atoms with E-state index in [0.717, 1.165) is 4.68 Å². The van der Waals surface area contributed by atoms with Crippen LogP contribution in [-0.2, 0) is 0 Å². The molecular formula is C9H9BrN6O2. The van der Waals surface area contributed by atoms with Gasteiger partial charge in [-0.3, -0.25) is 0 Å². The highest BCUT2D eigenvalue weighted by molar-refractivity contribution is 9.10. The first-order chi connectivity index (χ1) is 8.58. The third-order valence-electron chi connectivity index (χ3n) is 2.04. The summed E-state index contributed by atoms with van der Waals surface area (Å²) in [7, 11) is 0. The van der Waals surface area contributed by atoms with E-state index in [1.165, 1.54) is 24.7 Å². The molecule has 0 saturated carbocycles. The summed E-state index contributed by atoms with van der Waals surface area (Å²) < 4.78 is 1.60. The number of phenolic OH excluding ortho intramolecular Hbond substituents is 2. The Bertz CT molecular complexity index is 597. The maximum absolute atomic E-state index is 9.57. The van der Waals surface area contributed by atoms with Crippen LogP contribution in [0.25, 0.3) is 0 Å². The van der Waals surface area contributed by atoms with Gasteiger partial charge in [-0.15, -0.1) is 10.2 Å². The molecule has 2 aromatic rings. The number of hydrazone groups is 1. The van der Waals surface area contributed by atoms with E-state index in [1.807, 2.05) is 0 Å². The number of hydrogen-bond donors (Lipinski definition) is 4. The van der Waals surface area contributed by atoms with Crippen molar-refractivity contribution in [2.24, 2.45) is 5.10 Å². The van der Waals surface area contributed by atoms with Gasteiger partial charge in [0.1, 0.15) is 17.8 Å². The van der Waals surface area contributed by atoms with E-state index in [4.69, 9.17) is 5.84 Å². The number of nitrogen functional groups attached to an aromatic ring is 1. The van der Waals surface area contributed by atoms with Crippen LogP contribution in [0, 0.1) is 0 Å². The highest BCUT2D eigenvalue weighted by atomic mass is 79.9. The number of nitrogens with zero attached hydrogens (tertiary/aromatic N) is 4. The summed E-state index contributed by atoms with van der Waals surface area (Å²) in [6.07, 6.45) is 2.67. The first kappa shape index (κ1) is 12.2. The smallest absolute Gasteiger partial charge is 0.263 e. The van der Waals surface area contributed by atoms with Gasteiger partial charge in [0.05, 0.1) is 10.7 Å². The molecule has 1 aromatic carbocycles. The molecule has 5 N–H and O–H groups in total. The molecule has 8 nitrogen and oxygen atoms in total. The SMILES string of the molecule is Nn1cnnc1N/N=C\c1cc(Br)c(O)cc1O. The molecule has 18 heavy (non-hydrogen) atoms. The fourth-order valence-corrected chi connectivity index (χ4v) is 1.51. The number of nitrogens with one attached hydrogen (secondary N) is 1. The summed E-state index contributed by atoms with van der Waals surface area (Å²) in [5, 5.41) is 29.9. The largest absolute Gasteiger partial charge is 0.507 e. The molecule has 0 aliphatic rings. The van der Waals surface area contributed by atoms with E-state index in [1.54, 1.807) is 0 Å².